The molecule has 0 aliphatic heterocycles. The summed E-state index contributed by atoms with van der Waals surface area (Å²) in [5, 5.41) is 10.9. The van der Waals surface area contributed by atoms with Crippen molar-refractivity contribution in [3.63, 3.8) is 0 Å². The first-order valence-corrected chi connectivity index (χ1v) is 7.01. The van der Waals surface area contributed by atoms with Crippen LogP contribution in [-0.2, 0) is 6.54 Å². The molecule has 1 amide bonds. The molecular weight excluding hydrogens is 294 g/mol. The summed E-state index contributed by atoms with van der Waals surface area (Å²) in [7, 11) is 1.53. The van der Waals surface area contributed by atoms with Crippen LogP contribution in [0.1, 0.15) is 16.1 Å². The van der Waals surface area contributed by atoms with E-state index in [0.717, 1.165) is 5.69 Å². The van der Waals surface area contributed by atoms with Gasteiger partial charge in [0.15, 0.2) is 0 Å². The Labute approximate surface area is 132 Å². The van der Waals surface area contributed by atoms with Gasteiger partial charge < -0.3 is 10.1 Å². The van der Waals surface area contributed by atoms with E-state index in [1.807, 2.05) is 18.2 Å². The summed E-state index contributed by atoms with van der Waals surface area (Å²) in [4.78, 5) is 16.2. The number of benzene rings is 1. The van der Waals surface area contributed by atoms with E-state index in [9.17, 15) is 4.79 Å². The molecule has 0 spiro atoms. The van der Waals surface area contributed by atoms with Gasteiger partial charge in [0.25, 0.3) is 5.91 Å². The molecule has 1 N–H and O–H groups in total. The predicted octanol–water partition coefficient (Wildman–Crippen LogP) is 1.60. The number of aromatic nitrogens is 4. The zero-order chi connectivity index (χ0) is 16.1. The van der Waals surface area contributed by atoms with E-state index >= 15 is 0 Å². The SMILES string of the molecule is COc1ccccc1C(=O)NCc1cn(-c2cccnc2)nn1. The number of carbonyl (C=O) groups excluding carboxylic acids is 1. The van der Waals surface area contributed by atoms with Gasteiger partial charge in [0.05, 0.1) is 37.3 Å². The second-order valence-corrected chi connectivity index (χ2v) is 4.75. The highest BCUT2D eigenvalue weighted by atomic mass is 16.5. The zero-order valence-corrected chi connectivity index (χ0v) is 12.5. The molecule has 0 radical (unpaired) electrons. The van der Waals surface area contributed by atoms with Gasteiger partial charge in [-0.1, -0.05) is 17.3 Å². The Morgan fingerprint density at radius 2 is 2.13 bits per heavy atom. The number of ether oxygens (including phenoxy) is 1. The first-order valence-electron chi connectivity index (χ1n) is 7.01. The van der Waals surface area contributed by atoms with Crippen LogP contribution in [0.2, 0.25) is 0 Å². The summed E-state index contributed by atoms with van der Waals surface area (Å²) < 4.78 is 6.79. The molecule has 0 atom stereocenters. The topological polar surface area (TPSA) is 81.9 Å². The fourth-order valence-corrected chi connectivity index (χ4v) is 2.09. The molecule has 2 aromatic heterocycles. The van der Waals surface area contributed by atoms with E-state index in [1.54, 1.807) is 41.5 Å². The Hall–Kier alpha value is -3.22. The van der Waals surface area contributed by atoms with Crippen LogP contribution in [0, 0.1) is 0 Å². The van der Waals surface area contributed by atoms with Gasteiger partial charge in [-0.3, -0.25) is 9.78 Å². The van der Waals surface area contributed by atoms with Crippen molar-refractivity contribution in [2.75, 3.05) is 7.11 Å². The molecule has 0 saturated carbocycles. The van der Waals surface area contributed by atoms with Crippen molar-refractivity contribution < 1.29 is 9.53 Å². The first kappa shape index (κ1) is 14.7. The van der Waals surface area contributed by atoms with Gasteiger partial charge in [-0.2, -0.15) is 0 Å². The smallest absolute Gasteiger partial charge is 0.255 e. The normalized spacial score (nSPS) is 10.3. The maximum atomic E-state index is 12.2. The summed E-state index contributed by atoms with van der Waals surface area (Å²) in [5.41, 5.74) is 1.94. The summed E-state index contributed by atoms with van der Waals surface area (Å²) in [6.07, 6.45) is 5.13. The van der Waals surface area contributed by atoms with Crippen LogP contribution in [0.25, 0.3) is 5.69 Å². The number of para-hydroxylation sites is 1. The van der Waals surface area contributed by atoms with Crippen LogP contribution in [0.5, 0.6) is 5.75 Å². The Bertz CT molecular complexity index is 801. The van der Waals surface area contributed by atoms with Crippen LogP contribution in [0.15, 0.2) is 55.0 Å². The fraction of sp³-hybridized carbons (Fsp3) is 0.125. The average molecular weight is 309 g/mol. The lowest BCUT2D eigenvalue weighted by molar-refractivity contribution is 0.0947. The highest BCUT2D eigenvalue weighted by Gasteiger charge is 2.12. The highest BCUT2D eigenvalue weighted by molar-refractivity contribution is 5.96. The van der Waals surface area contributed by atoms with Crippen molar-refractivity contribution in [1.82, 2.24) is 25.3 Å². The van der Waals surface area contributed by atoms with E-state index in [4.69, 9.17) is 4.74 Å². The number of rotatable bonds is 5. The molecule has 0 bridgehead atoms. The number of methoxy groups -OCH3 is 1. The molecular formula is C16H15N5O2. The summed E-state index contributed by atoms with van der Waals surface area (Å²) in [6.45, 7) is 0.275. The molecule has 3 rings (SSSR count). The third-order valence-corrected chi connectivity index (χ3v) is 3.23. The Morgan fingerprint density at radius 3 is 2.91 bits per heavy atom. The number of nitrogens with zero attached hydrogens (tertiary/aromatic N) is 4. The number of hydrogen-bond donors (Lipinski definition) is 1. The van der Waals surface area contributed by atoms with Gasteiger partial charge in [-0.15, -0.1) is 5.10 Å². The van der Waals surface area contributed by atoms with Crippen LogP contribution in [0.4, 0.5) is 0 Å². The van der Waals surface area contributed by atoms with E-state index < -0.39 is 0 Å². The van der Waals surface area contributed by atoms with Crippen molar-refractivity contribution in [3.8, 4) is 11.4 Å². The van der Waals surface area contributed by atoms with Crippen LogP contribution >= 0.6 is 0 Å². The number of amides is 1. The molecule has 116 valence electrons. The van der Waals surface area contributed by atoms with Crippen molar-refractivity contribution in [2.45, 2.75) is 6.54 Å². The van der Waals surface area contributed by atoms with Crippen molar-refractivity contribution in [3.05, 3.63) is 66.2 Å². The quantitative estimate of drug-likeness (QED) is 0.774. The molecule has 0 unspecified atom stereocenters. The summed E-state index contributed by atoms with van der Waals surface area (Å²) in [5.74, 6) is 0.308. The predicted molar refractivity (Wildman–Crippen MR) is 83.3 cm³/mol. The standard InChI is InChI=1S/C16H15N5O2/c1-23-15-7-3-2-6-14(15)16(22)18-9-12-11-21(20-19-12)13-5-4-8-17-10-13/h2-8,10-11H,9H2,1H3,(H,18,22). The van der Waals surface area contributed by atoms with Crippen LogP contribution in [-0.4, -0.2) is 33.0 Å². The number of hydrogen-bond acceptors (Lipinski definition) is 5. The number of carbonyl (C=O) groups is 1. The van der Waals surface area contributed by atoms with Crippen LogP contribution < -0.4 is 10.1 Å². The van der Waals surface area contributed by atoms with Crippen molar-refractivity contribution in [2.24, 2.45) is 0 Å². The van der Waals surface area contributed by atoms with Gasteiger partial charge in [-0.05, 0) is 24.3 Å². The van der Waals surface area contributed by atoms with Gasteiger partial charge in [0, 0.05) is 6.20 Å². The van der Waals surface area contributed by atoms with E-state index in [2.05, 4.69) is 20.6 Å². The number of pyridine rings is 1. The molecule has 7 nitrogen and oxygen atoms in total. The highest BCUT2D eigenvalue weighted by Crippen LogP contribution is 2.16. The third-order valence-electron chi connectivity index (χ3n) is 3.23. The first-order chi connectivity index (χ1) is 11.3. The van der Waals surface area contributed by atoms with E-state index in [0.29, 0.717) is 17.0 Å². The molecule has 0 aliphatic rings. The monoisotopic (exact) mass is 309 g/mol. The van der Waals surface area contributed by atoms with Crippen molar-refractivity contribution in [1.29, 1.82) is 0 Å². The van der Waals surface area contributed by atoms with Gasteiger partial charge in [0.1, 0.15) is 11.4 Å². The van der Waals surface area contributed by atoms with E-state index in [1.165, 1.54) is 7.11 Å². The lowest BCUT2D eigenvalue weighted by Crippen LogP contribution is -2.23. The van der Waals surface area contributed by atoms with Crippen LogP contribution in [0.3, 0.4) is 0 Å². The molecule has 1 aromatic carbocycles. The maximum Gasteiger partial charge on any atom is 0.255 e. The number of nitrogens with one attached hydrogen (secondary N) is 1. The zero-order valence-electron chi connectivity index (χ0n) is 12.5. The molecule has 7 heteroatoms. The van der Waals surface area contributed by atoms with Gasteiger partial charge in [-0.25, -0.2) is 4.68 Å². The Morgan fingerprint density at radius 1 is 1.26 bits per heavy atom. The largest absolute Gasteiger partial charge is 0.496 e. The lowest BCUT2D eigenvalue weighted by atomic mass is 10.2. The van der Waals surface area contributed by atoms with Gasteiger partial charge in [0.2, 0.25) is 0 Å². The minimum atomic E-state index is -0.224. The molecule has 0 fully saturated rings. The molecule has 3 aromatic rings. The minimum Gasteiger partial charge on any atom is -0.496 e. The van der Waals surface area contributed by atoms with Crippen molar-refractivity contribution >= 4 is 5.91 Å². The summed E-state index contributed by atoms with van der Waals surface area (Å²) >= 11 is 0. The van der Waals surface area contributed by atoms with E-state index in [-0.39, 0.29) is 12.5 Å². The Balaban J connectivity index is 1.67. The lowest BCUT2D eigenvalue weighted by Gasteiger charge is -2.07. The molecule has 23 heavy (non-hydrogen) atoms. The molecule has 2 heterocycles. The minimum absolute atomic E-state index is 0.224. The third kappa shape index (κ3) is 3.34. The fourth-order valence-electron chi connectivity index (χ4n) is 2.09. The second kappa shape index (κ2) is 6.69. The maximum absolute atomic E-state index is 12.2. The summed E-state index contributed by atoms with van der Waals surface area (Å²) in [6, 6.07) is 10.7. The molecule has 0 aliphatic carbocycles. The Kier molecular flexibility index (Phi) is 4.28. The van der Waals surface area contributed by atoms with Gasteiger partial charge >= 0.3 is 0 Å². The average Bonchev–Trinajstić information content (AvgIpc) is 3.09. The molecule has 0 saturated heterocycles. The second-order valence-electron chi connectivity index (χ2n) is 4.75.